The zero-order valence-corrected chi connectivity index (χ0v) is 10.3. The number of ether oxygens (including phenoxy) is 1. The summed E-state index contributed by atoms with van der Waals surface area (Å²) in [6.45, 7) is 6.74. The molecule has 1 rings (SSSR count). The lowest BCUT2D eigenvalue weighted by molar-refractivity contribution is -0.140. The normalized spacial score (nSPS) is 13.2. The summed E-state index contributed by atoms with van der Waals surface area (Å²) in [5.41, 5.74) is -0.493. The Morgan fingerprint density at radius 2 is 2.06 bits per heavy atom. The van der Waals surface area contributed by atoms with Gasteiger partial charge in [-0.05, 0) is 33.8 Å². The molecule has 0 aliphatic carbocycles. The van der Waals surface area contributed by atoms with Crippen molar-refractivity contribution < 1.29 is 19.4 Å². The average molecular weight is 240 g/mol. The van der Waals surface area contributed by atoms with Gasteiger partial charge in [0.15, 0.2) is 5.69 Å². The van der Waals surface area contributed by atoms with E-state index in [1.165, 1.54) is 23.9 Å². The molecule has 1 atom stereocenters. The number of hydrogen-bond donors (Lipinski definition) is 1. The molecule has 0 saturated carbocycles. The fourth-order valence-corrected chi connectivity index (χ4v) is 1.11. The van der Waals surface area contributed by atoms with Crippen molar-refractivity contribution in [2.75, 3.05) is 0 Å². The van der Waals surface area contributed by atoms with Crippen molar-refractivity contribution in [1.82, 2.24) is 9.78 Å². The lowest BCUT2D eigenvalue weighted by Gasteiger charge is -2.18. The molecule has 0 aromatic carbocycles. The van der Waals surface area contributed by atoms with Crippen molar-refractivity contribution in [1.29, 1.82) is 0 Å². The van der Waals surface area contributed by atoms with Crippen LogP contribution in [0.5, 0.6) is 0 Å². The van der Waals surface area contributed by atoms with Crippen LogP contribution in [-0.2, 0) is 9.53 Å². The van der Waals surface area contributed by atoms with Crippen LogP contribution in [0.4, 0.5) is 0 Å². The minimum atomic E-state index is -1.01. The Kier molecular flexibility index (Phi) is 3.55. The fourth-order valence-electron chi connectivity index (χ4n) is 1.11. The van der Waals surface area contributed by atoms with Crippen LogP contribution >= 0.6 is 0 Å². The molecule has 0 bridgehead atoms. The van der Waals surface area contributed by atoms with E-state index in [9.17, 15) is 9.59 Å². The first-order valence-corrected chi connectivity index (χ1v) is 5.22. The molecule has 0 radical (unpaired) electrons. The minimum absolute atomic E-state index is 0.105. The molecule has 0 aliphatic heterocycles. The average Bonchev–Trinajstić information content (AvgIpc) is 2.62. The first-order valence-electron chi connectivity index (χ1n) is 5.22. The molecule has 17 heavy (non-hydrogen) atoms. The highest BCUT2D eigenvalue weighted by atomic mass is 16.6. The molecule has 1 aromatic rings. The number of aliphatic carboxylic acids is 1. The minimum Gasteiger partial charge on any atom is -0.480 e. The van der Waals surface area contributed by atoms with Crippen molar-refractivity contribution in [3.05, 3.63) is 18.0 Å². The summed E-state index contributed by atoms with van der Waals surface area (Å²) in [5.74, 6) is -1.57. The monoisotopic (exact) mass is 240 g/mol. The number of rotatable bonds is 3. The molecular weight excluding hydrogens is 224 g/mol. The molecule has 1 aromatic heterocycles. The molecule has 6 heteroatoms. The van der Waals surface area contributed by atoms with Gasteiger partial charge in [-0.3, -0.25) is 4.68 Å². The van der Waals surface area contributed by atoms with Gasteiger partial charge in [-0.25, -0.2) is 9.59 Å². The number of hydrogen-bond acceptors (Lipinski definition) is 4. The van der Waals surface area contributed by atoms with Crippen LogP contribution in [0.1, 0.15) is 44.2 Å². The van der Waals surface area contributed by atoms with Gasteiger partial charge in [0.2, 0.25) is 0 Å². The Morgan fingerprint density at radius 1 is 1.47 bits per heavy atom. The third-order valence-electron chi connectivity index (χ3n) is 1.97. The van der Waals surface area contributed by atoms with E-state index >= 15 is 0 Å². The largest absolute Gasteiger partial charge is 0.480 e. The first-order chi connectivity index (χ1) is 7.70. The topological polar surface area (TPSA) is 81.4 Å². The van der Waals surface area contributed by atoms with Crippen molar-refractivity contribution in [2.45, 2.75) is 39.3 Å². The van der Waals surface area contributed by atoms with Crippen molar-refractivity contribution in [3.8, 4) is 0 Å². The Morgan fingerprint density at radius 3 is 2.53 bits per heavy atom. The smallest absolute Gasteiger partial charge is 0.359 e. The van der Waals surface area contributed by atoms with E-state index < -0.39 is 23.6 Å². The third-order valence-corrected chi connectivity index (χ3v) is 1.97. The van der Waals surface area contributed by atoms with Gasteiger partial charge < -0.3 is 9.84 Å². The summed E-state index contributed by atoms with van der Waals surface area (Å²) in [6, 6.07) is 0.624. The molecule has 1 N–H and O–H groups in total. The highest BCUT2D eigenvalue weighted by Gasteiger charge is 2.21. The number of nitrogens with zero attached hydrogens (tertiary/aromatic N) is 2. The van der Waals surface area contributed by atoms with Gasteiger partial charge in [-0.15, -0.1) is 0 Å². The van der Waals surface area contributed by atoms with Crippen LogP contribution in [0.3, 0.4) is 0 Å². The van der Waals surface area contributed by atoms with Crippen LogP contribution in [0, 0.1) is 0 Å². The van der Waals surface area contributed by atoms with Crippen LogP contribution in [0.25, 0.3) is 0 Å². The van der Waals surface area contributed by atoms with Crippen molar-refractivity contribution in [2.24, 2.45) is 0 Å². The van der Waals surface area contributed by atoms with Gasteiger partial charge in [0.25, 0.3) is 0 Å². The van der Waals surface area contributed by atoms with Crippen LogP contribution < -0.4 is 0 Å². The summed E-state index contributed by atoms with van der Waals surface area (Å²) in [7, 11) is 0. The second-order valence-corrected chi connectivity index (χ2v) is 4.70. The second kappa shape index (κ2) is 4.57. The van der Waals surface area contributed by atoms with Gasteiger partial charge in [0.05, 0.1) is 0 Å². The number of carbonyl (C=O) groups excluding carboxylic acids is 1. The number of esters is 1. The van der Waals surface area contributed by atoms with E-state index in [0.29, 0.717) is 0 Å². The molecule has 0 amide bonds. The maximum absolute atomic E-state index is 11.6. The predicted octanol–water partition coefficient (Wildman–Crippen LogP) is 1.48. The van der Waals surface area contributed by atoms with Gasteiger partial charge in [0, 0.05) is 6.20 Å². The second-order valence-electron chi connectivity index (χ2n) is 4.70. The first kappa shape index (κ1) is 13.2. The van der Waals surface area contributed by atoms with E-state index in [-0.39, 0.29) is 5.69 Å². The number of aromatic nitrogens is 2. The molecule has 0 spiro atoms. The van der Waals surface area contributed by atoms with Crippen LogP contribution in [0.2, 0.25) is 0 Å². The quantitative estimate of drug-likeness (QED) is 0.809. The van der Waals surface area contributed by atoms with E-state index in [0.717, 1.165) is 0 Å². The Bertz CT molecular complexity index is 431. The van der Waals surface area contributed by atoms with E-state index in [2.05, 4.69) is 5.10 Å². The highest BCUT2D eigenvalue weighted by Crippen LogP contribution is 2.12. The predicted molar refractivity (Wildman–Crippen MR) is 59.7 cm³/mol. The summed E-state index contributed by atoms with van der Waals surface area (Å²) >= 11 is 0. The molecule has 1 heterocycles. The van der Waals surface area contributed by atoms with Crippen LogP contribution in [-0.4, -0.2) is 32.4 Å². The molecule has 6 nitrogen and oxygen atoms in total. The van der Waals surface area contributed by atoms with Gasteiger partial charge in [0.1, 0.15) is 11.6 Å². The maximum atomic E-state index is 11.6. The van der Waals surface area contributed by atoms with E-state index in [1.807, 2.05) is 0 Å². The summed E-state index contributed by atoms with van der Waals surface area (Å²) in [4.78, 5) is 22.4. The highest BCUT2D eigenvalue weighted by molar-refractivity contribution is 5.87. The molecule has 0 aliphatic rings. The number of carboxylic acids is 1. The lowest BCUT2D eigenvalue weighted by atomic mass is 10.2. The van der Waals surface area contributed by atoms with Crippen LogP contribution in [0.15, 0.2) is 12.3 Å². The number of carbonyl (C=O) groups is 2. The SMILES string of the molecule is C[C@H](C(=O)O)n1ccc(C(=O)OC(C)(C)C)n1. The van der Waals surface area contributed by atoms with Gasteiger partial charge in [-0.2, -0.15) is 5.10 Å². The molecule has 0 unspecified atom stereocenters. The molecule has 0 fully saturated rings. The zero-order chi connectivity index (χ0) is 13.2. The summed E-state index contributed by atoms with van der Waals surface area (Å²) in [5, 5.41) is 12.7. The number of carboxylic acid groups (broad SMARTS) is 1. The Hall–Kier alpha value is -1.85. The molecular formula is C11H16N2O4. The van der Waals surface area contributed by atoms with Crippen molar-refractivity contribution in [3.63, 3.8) is 0 Å². The Labute approximate surface area is 99.2 Å². The third kappa shape index (κ3) is 3.58. The zero-order valence-electron chi connectivity index (χ0n) is 10.3. The standard InChI is InChI=1S/C11H16N2O4/c1-7(9(14)15)13-6-5-8(12-13)10(16)17-11(2,3)4/h5-7H,1-4H3,(H,14,15)/t7-/m1/s1. The van der Waals surface area contributed by atoms with E-state index in [1.54, 1.807) is 20.8 Å². The van der Waals surface area contributed by atoms with Gasteiger partial charge >= 0.3 is 11.9 Å². The van der Waals surface area contributed by atoms with Crippen molar-refractivity contribution >= 4 is 11.9 Å². The fraction of sp³-hybridized carbons (Fsp3) is 0.545. The lowest BCUT2D eigenvalue weighted by Crippen LogP contribution is -2.24. The maximum Gasteiger partial charge on any atom is 0.359 e. The molecule has 0 saturated heterocycles. The van der Waals surface area contributed by atoms with E-state index in [4.69, 9.17) is 9.84 Å². The summed E-state index contributed by atoms with van der Waals surface area (Å²) < 4.78 is 6.33. The Balaban J connectivity index is 2.81. The summed E-state index contributed by atoms with van der Waals surface area (Å²) in [6.07, 6.45) is 1.44. The molecule has 94 valence electrons. The van der Waals surface area contributed by atoms with Gasteiger partial charge in [-0.1, -0.05) is 0 Å².